The molecule has 5 aliphatic carbocycles. The SMILES string of the molecule is C1CC2CCC1CC2.C1CCCCCC1.C1CCCNCC1.C1CNCCNC1.C1CNCCOC1.CC.CC.CC.CC.CC.CC.CC(C)C.CC(C)C.CC(C)C.CC(C)C.CC(C)C.CC(C)C.c1ccc2c(c1)CCC2. The van der Waals surface area contributed by atoms with Crippen LogP contribution in [0.25, 0.3) is 0 Å². The lowest BCUT2D eigenvalue weighted by atomic mass is 9.71. The van der Waals surface area contributed by atoms with Gasteiger partial charge in [0, 0.05) is 26.2 Å². The van der Waals surface area contributed by atoms with Crippen molar-refractivity contribution in [1.82, 2.24) is 21.3 Å². The van der Waals surface area contributed by atoms with Crippen molar-refractivity contribution < 1.29 is 4.74 Å². The van der Waals surface area contributed by atoms with Gasteiger partial charge < -0.3 is 26.0 Å². The second kappa shape index (κ2) is 98.1. The van der Waals surface area contributed by atoms with Crippen molar-refractivity contribution >= 4 is 0 Å². The lowest BCUT2D eigenvalue weighted by Gasteiger charge is -2.35. The van der Waals surface area contributed by atoms with Crippen molar-refractivity contribution in [2.75, 3.05) is 65.6 Å². The highest BCUT2D eigenvalue weighted by Crippen LogP contribution is 2.40. The second-order valence-corrected chi connectivity index (χ2v) is 24.7. The van der Waals surface area contributed by atoms with Crippen LogP contribution in [0.1, 0.15) is 347 Å². The van der Waals surface area contributed by atoms with Crippen LogP contribution in [0, 0.1) is 47.3 Å². The van der Waals surface area contributed by atoms with E-state index in [0.717, 1.165) is 86.7 Å². The first-order valence-corrected chi connectivity index (χ1v) is 36.3. The fourth-order valence-corrected chi connectivity index (χ4v) is 7.45. The highest BCUT2D eigenvalue weighted by molar-refractivity contribution is 5.30. The predicted molar refractivity (Wildman–Crippen MR) is 387 cm³/mol. The fraction of sp³-hybridized carbons (Fsp3) is 0.921. The number of ether oxygens (including phenoxy) is 1. The van der Waals surface area contributed by atoms with Crippen LogP contribution in [0.4, 0.5) is 0 Å². The number of hydrogen-bond acceptors (Lipinski definition) is 5. The van der Waals surface area contributed by atoms with Crippen molar-refractivity contribution in [2.24, 2.45) is 47.3 Å². The molecular weight excluding hydrogens is 985 g/mol. The summed E-state index contributed by atoms with van der Waals surface area (Å²) in [5.41, 5.74) is 3.13. The first-order chi connectivity index (χ1) is 38.8. The van der Waals surface area contributed by atoms with Crippen molar-refractivity contribution in [3.05, 3.63) is 35.4 Å². The molecule has 8 aliphatic rings. The summed E-state index contributed by atoms with van der Waals surface area (Å²) in [7, 11) is 0. The van der Waals surface area contributed by atoms with Gasteiger partial charge in [0.1, 0.15) is 0 Å². The molecule has 4 saturated carbocycles. The predicted octanol–water partition coefficient (Wildman–Crippen LogP) is 24.3. The fourth-order valence-electron chi connectivity index (χ4n) is 7.45. The van der Waals surface area contributed by atoms with Gasteiger partial charge in [-0.1, -0.05) is 328 Å². The van der Waals surface area contributed by atoms with Crippen molar-refractivity contribution in [3.8, 4) is 0 Å². The van der Waals surface area contributed by atoms with Crippen LogP contribution < -0.4 is 21.3 Å². The minimum atomic E-state index is 0.833. The normalized spacial score (nSPS) is 17.6. The van der Waals surface area contributed by atoms with Gasteiger partial charge in [-0.3, -0.25) is 0 Å². The van der Waals surface area contributed by atoms with E-state index in [9.17, 15) is 0 Å². The zero-order valence-corrected chi connectivity index (χ0v) is 63.0. The molecule has 500 valence electrons. The molecule has 0 atom stereocenters. The van der Waals surface area contributed by atoms with Gasteiger partial charge in [0.2, 0.25) is 0 Å². The molecular formula is C76H170N4O. The molecule has 2 bridgehead atoms. The third kappa shape index (κ3) is 135. The van der Waals surface area contributed by atoms with Crippen LogP contribution in [-0.2, 0) is 17.6 Å². The molecule has 0 unspecified atom stereocenters. The van der Waals surface area contributed by atoms with Gasteiger partial charge in [0.15, 0.2) is 0 Å². The summed E-state index contributed by atoms with van der Waals surface area (Å²) in [5.74, 6) is 7.31. The first kappa shape index (κ1) is 102. The van der Waals surface area contributed by atoms with E-state index < -0.39 is 0 Å². The summed E-state index contributed by atoms with van der Waals surface area (Å²) in [5, 5.41) is 13.1. The van der Waals surface area contributed by atoms with Crippen LogP contribution in [0.5, 0.6) is 0 Å². The van der Waals surface area contributed by atoms with Gasteiger partial charge in [-0.2, -0.15) is 0 Å². The summed E-state index contributed by atoms with van der Waals surface area (Å²) in [6, 6.07) is 8.74. The van der Waals surface area contributed by atoms with Crippen LogP contribution in [0.2, 0.25) is 0 Å². The molecule has 0 spiro atoms. The van der Waals surface area contributed by atoms with E-state index in [0.29, 0.717) is 0 Å². The highest BCUT2D eigenvalue weighted by Gasteiger charge is 2.26. The molecule has 81 heavy (non-hydrogen) atoms. The molecule has 9 rings (SSSR count). The van der Waals surface area contributed by atoms with Gasteiger partial charge in [0.25, 0.3) is 0 Å². The van der Waals surface area contributed by atoms with E-state index >= 15 is 0 Å². The van der Waals surface area contributed by atoms with Gasteiger partial charge in [-0.05, 0) is 136 Å². The minimum Gasteiger partial charge on any atom is -0.380 e. The number of benzene rings is 1. The zero-order chi connectivity index (χ0) is 64.8. The summed E-state index contributed by atoms with van der Waals surface area (Å²) in [4.78, 5) is 0. The number of rotatable bonds is 0. The maximum Gasteiger partial charge on any atom is 0.0590 e. The highest BCUT2D eigenvalue weighted by atomic mass is 16.5. The molecule has 1 aromatic rings. The second-order valence-electron chi connectivity index (χ2n) is 24.7. The molecule has 3 saturated heterocycles. The molecule has 0 amide bonds. The number of hydrogen-bond donors (Lipinski definition) is 4. The lowest BCUT2D eigenvalue weighted by Crippen LogP contribution is -2.21. The lowest BCUT2D eigenvalue weighted by molar-refractivity contribution is 0.151. The summed E-state index contributed by atoms with van der Waals surface area (Å²) < 4.78 is 5.13. The van der Waals surface area contributed by atoms with Crippen LogP contribution in [0.15, 0.2) is 24.3 Å². The summed E-state index contributed by atoms with van der Waals surface area (Å²) in [6.45, 7) is 74.1. The van der Waals surface area contributed by atoms with E-state index in [4.69, 9.17) is 4.74 Å². The Hall–Kier alpha value is -0.980. The third-order valence-electron chi connectivity index (χ3n) is 10.4. The van der Waals surface area contributed by atoms with Gasteiger partial charge in [-0.15, -0.1) is 0 Å². The number of fused-ring (bicyclic) bond motifs is 4. The summed E-state index contributed by atoms with van der Waals surface area (Å²) in [6.07, 6.45) is 31.9. The topological polar surface area (TPSA) is 57.3 Å². The van der Waals surface area contributed by atoms with Crippen LogP contribution >= 0.6 is 0 Å². The van der Waals surface area contributed by atoms with E-state index in [1.54, 1.807) is 49.7 Å². The Labute approximate surface area is 520 Å². The quantitative estimate of drug-likeness (QED) is 0.195. The molecule has 1 aromatic carbocycles. The van der Waals surface area contributed by atoms with Crippen molar-refractivity contribution in [2.45, 2.75) is 349 Å². The largest absolute Gasteiger partial charge is 0.380 e. The molecule has 4 N–H and O–H groups in total. The molecule has 5 nitrogen and oxygen atoms in total. The van der Waals surface area contributed by atoms with Gasteiger partial charge in [-0.25, -0.2) is 0 Å². The molecule has 3 heterocycles. The minimum absolute atomic E-state index is 0.833. The van der Waals surface area contributed by atoms with Crippen molar-refractivity contribution in [1.29, 1.82) is 0 Å². The number of aryl methyl sites for hydroxylation is 2. The monoisotopic (exact) mass is 1160 g/mol. The van der Waals surface area contributed by atoms with Gasteiger partial charge in [0.05, 0.1) is 6.61 Å². The van der Waals surface area contributed by atoms with Crippen molar-refractivity contribution in [3.63, 3.8) is 0 Å². The molecule has 0 aromatic heterocycles. The maximum absolute atomic E-state index is 5.13. The van der Waals surface area contributed by atoms with E-state index in [1.807, 2.05) is 83.1 Å². The van der Waals surface area contributed by atoms with Gasteiger partial charge >= 0.3 is 0 Å². The molecule has 7 fully saturated rings. The Kier molecular flexibility index (Phi) is 123. The van der Waals surface area contributed by atoms with E-state index in [1.165, 1.54) is 129 Å². The summed E-state index contributed by atoms with van der Waals surface area (Å²) >= 11 is 0. The average molecular weight is 1160 g/mol. The van der Waals surface area contributed by atoms with Crippen LogP contribution in [-0.4, -0.2) is 65.6 Å². The zero-order valence-electron chi connectivity index (χ0n) is 63.0. The smallest absolute Gasteiger partial charge is 0.0590 e. The number of nitrogens with one attached hydrogen (secondary N) is 4. The Balaban J connectivity index is -0.0000000843. The van der Waals surface area contributed by atoms with E-state index in [-0.39, 0.29) is 0 Å². The standard InChI is InChI=1S/C9H10.C8H14.C7H14.C6H13N.C5H12N2.C5H11NO.6C4H10.6C2H6/c1-2-5-9-7-3-6-8(9)4-1;1-2-8-5-3-7(1)4-6-8;2*1-2-4-6-7-5-3-1;1-2-6-4-5-7-3-1;1-2-6-3-5-7-4-1;6*1-4(2)3;6*1-2/h1-2,4-5H,3,6-7H2;7-8H,1-6H2;1-7H2;7H,1-6H2;6-7H,1-5H2;6H,1-5H2;6*4H,1-3H3;6*1-2H3. The Morgan fingerprint density at radius 2 is 0.494 bits per heavy atom. The molecule has 5 heteroatoms. The third-order valence-corrected chi connectivity index (χ3v) is 10.4. The molecule has 0 radical (unpaired) electrons. The Morgan fingerprint density at radius 1 is 0.272 bits per heavy atom. The molecule has 3 aliphatic heterocycles. The van der Waals surface area contributed by atoms with E-state index in [2.05, 4.69) is 170 Å². The Morgan fingerprint density at radius 3 is 0.765 bits per heavy atom. The first-order valence-electron chi connectivity index (χ1n) is 36.3. The Bertz CT molecular complexity index is 805. The average Bonchev–Trinajstić information content (AvgIpc) is 3.97. The maximum atomic E-state index is 5.13. The van der Waals surface area contributed by atoms with Crippen LogP contribution in [0.3, 0.4) is 0 Å².